The van der Waals surface area contributed by atoms with Crippen molar-refractivity contribution in [2.75, 3.05) is 6.79 Å². The molecule has 4 rings (SSSR count). The number of nitrogens with one attached hydrogen (secondary N) is 1. The fourth-order valence-corrected chi connectivity index (χ4v) is 2.53. The molecule has 0 unspecified atom stereocenters. The van der Waals surface area contributed by atoms with Crippen LogP contribution < -0.4 is 14.8 Å². The monoisotopic (exact) mass is 281 g/mol. The molecule has 0 saturated heterocycles. The van der Waals surface area contributed by atoms with Crippen LogP contribution in [-0.4, -0.2) is 16.2 Å². The van der Waals surface area contributed by atoms with Crippen LogP contribution in [0.4, 0.5) is 0 Å². The highest BCUT2D eigenvalue weighted by Crippen LogP contribution is 2.35. The first kappa shape index (κ1) is 12.2. The minimum atomic E-state index is 0.304. The lowest BCUT2D eigenvalue weighted by Gasteiger charge is -2.06. The molecule has 2 aromatic heterocycles. The maximum Gasteiger partial charge on any atom is 0.231 e. The SMILES string of the molecule is c1cc(CNCc2cn3ccccc3n2)c2c(c1)OCO2. The number of aromatic nitrogens is 2. The average molecular weight is 281 g/mol. The van der Waals surface area contributed by atoms with Gasteiger partial charge in [0.15, 0.2) is 11.5 Å². The van der Waals surface area contributed by atoms with E-state index in [1.54, 1.807) is 0 Å². The smallest absolute Gasteiger partial charge is 0.231 e. The fraction of sp³-hybridized carbons (Fsp3) is 0.188. The predicted octanol–water partition coefficient (Wildman–Crippen LogP) is 2.35. The molecule has 1 aliphatic heterocycles. The summed E-state index contributed by atoms with van der Waals surface area (Å²) in [6.45, 7) is 1.74. The Kier molecular flexibility index (Phi) is 2.97. The van der Waals surface area contributed by atoms with E-state index in [9.17, 15) is 0 Å². The summed E-state index contributed by atoms with van der Waals surface area (Å²) < 4.78 is 12.9. The second kappa shape index (κ2) is 5.10. The lowest BCUT2D eigenvalue weighted by Crippen LogP contribution is -2.13. The summed E-state index contributed by atoms with van der Waals surface area (Å²) in [7, 11) is 0. The van der Waals surface area contributed by atoms with Crippen molar-refractivity contribution >= 4 is 5.65 Å². The van der Waals surface area contributed by atoms with Gasteiger partial charge < -0.3 is 19.2 Å². The fourth-order valence-electron chi connectivity index (χ4n) is 2.53. The van der Waals surface area contributed by atoms with Crippen LogP contribution in [0.25, 0.3) is 5.65 Å². The third kappa shape index (κ3) is 2.32. The van der Waals surface area contributed by atoms with E-state index >= 15 is 0 Å². The van der Waals surface area contributed by atoms with Crippen molar-refractivity contribution in [1.82, 2.24) is 14.7 Å². The predicted molar refractivity (Wildman–Crippen MR) is 78.3 cm³/mol. The van der Waals surface area contributed by atoms with Crippen LogP contribution in [-0.2, 0) is 13.1 Å². The molecular formula is C16H15N3O2. The first-order chi connectivity index (χ1) is 10.4. The van der Waals surface area contributed by atoms with Gasteiger partial charge in [0.1, 0.15) is 5.65 Å². The van der Waals surface area contributed by atoms with Gasteiger partial charge in [-0.25, -0.2) is 4.98 Å². The van der Waals surface area contributed by atoms with Gasteiger partial charge in [0.2, 0.25) is 6.79 Å². The standard InChI is InChI=1S/C16H15N3O2/c1-2-7-19-10-13(18-15(19)6-1)9-17-8-12-4-3-5-14-16(12)21-11-20-14/h1-7,10,17H,8-9,11H2. The molecular weight excluding hydrogens is 266 g/mol. The second-order valence-corrected chi connectivity index (χ2v) is 4.95. The second-order valence-electron chi connectivity index (χ2n) is 4.95. The zero-order valence-electron chi connectivity index (χ0n) is 11.5. The van der Waals surface area contributed by atoms with Gasteiger partial charge in [-0.15, -0.1) is 0 Å². The van der Waals surface area contributed by atoms with Gasteiger partial charge in [-0.2, -0.15) is 0 Å². The zero-order valence-corrected chi connectivity index (χ0v) is 11.5. The molecule has 0 atom stereocenters. The topological polar surface area (TPSA) is 47.8 Å². The summed E-state index contributed by atoms with van der Waals surface area (Å²) in [6, 6.07) is 11.9. The van der Waals surface area contributed by atoms with Crippen LogP contribution in [0.3, 0.4) is 0 Å². The maximum atomic E-state index is 5.50. The Bertz CT molecular complexity index is 749. The lowest BCUT2D eigenvalue weighted by atomic mass is 10.2. The number of benzene rings is 1. The van der Waals surface area contributed by atoms with E-state index in [2.05, 4.69) is 10.3 Å². The normalized spacial score (nSPS) is 13.0. The summed E-state index contributed by atoms with van der Waals surface area (Å²) in [5.41, 5.74) is 3.09. The highest BCUT2D eigenvalue weighted by atomic mass is 16.7. The number of fused-ring (bicyclic) bond motifs is 2. The van der Waals surface area contributed by atoms with Gasteiger partial charge in [-0.1, -0.05) is 18.2 Å². The molecule has 21 heavy (non-hydrogen) atoms. The first-order valence-corrected chi connectivity index (χ1v) is 6.91. The summed E-state index contributed by atoms with van der Waals surface area (Å²) >= 11 is 0. The highest BCUT2D eigenvalue weighted by molar-refractivity contribution is 5.48. The average Bonchev–Trinajstić information content (AvgIpc) is 3.13. The van der Waals surface area contributed by atoms with E-state index in [1.807, 2.05) is 53.2 Å². The van der Waals surface area contributed by atoms with Crippen LogP contribution in [0.2, 0.25) is 0 Å². The van der Waals surface area contributed by atoms with Crippen LogP contribution in [0.15, 0.2) is 48.8 Å². The van der Waals surface area contributed by atoms with Crippen LogP contribution >= 0.6 is 0 Å². The molecule has 0 amide bonds. The highest BCUT2D eigenvalue weighted by Gasteiger charge is 2.16. The van der Waals surface area contributed by atoms with Crippen LogP contribution in [0.5, 0.6) is 11.5 Å². The first-order valence-electron chi connectivity index (χ1n) is 6.91. The molecule has 3 heterocycles. The van der Waals surface area contributed by atoms with Gasteiger partial charge in [0.25, 0.3) is 0 Å². The molecule has 0 spiro atoms. The minimum Gasteiger partial charge on any atom is -0.454 e. The number of pyridine rings is 1. The molecule has 1 N–H and O–H groups in total. The molecule has 5 heteroatoms. The number of para-hydroxylation sites is 1. The Hall–Kier alpha value is -2.53. The van der Waals surface area contributed by atoms with Crippen molar-refractivity contribution in [3.05, 3.63) is 60.0 Å². The largest absolute Gasteiger partial charge is 0.454 e. The molecule has 0 fully saturated rings. The number of nitrogens with zero attached hydrogens (tertiary/aromatic N) is 2. The third-order valence-corrected chi connectivity index (χ3v) is 3.51. The van der Waals surface area contributed by atoms with Gasteiger partial charge in [0, 0.05) is 31.0 Å². The molecule has 106 valence electrons. The van der Waals surface area contributed by atoms with E-state index in [0.717, 1.165) is 34.9 Å². The lowest BCUT2D eigenvalue weighted by molar-refractivity contribution is 0.173. The third-order valence-electron chi connectivity index (χ3n) is 3.51. The van der Waals surface area contributed by atoms with E-state index in [0.29, 0.717) is 13.3 Å². The zero-order chi connectivity index (χ0) is 14.1. The number of rotatable bonds is 4. The number of ether oxygens (including phenoxy) is 2. The summed E-state index contributed by atoms with van der Waals surface area (Å²) in [4.78, 5) is 4.56. The van der Waals surface area contributed by atoms with Crippen molar-refractivity contribution in [2.45, 2.75) is 13.1 Å². The number of hydrogen-bond acceptors (Lipinski definition) is 4. The quantitative estimate of drug-likeness (QED) is 0.797. The molecule has 1 aliphatic rings. The van der Waals surface area contributed by atoms with Gasteiger partial charge >= 0.3 is 0 Å². The van der Waals surface area contributed by atoms with Crippen molar-refractivity contribution < 1.29 is 9.47 Å². The Morgan fingerprint density at radius 2 is 2.10 bits per heavy atom. The molecule has 0 radical (unpaired) electrons. The summed E-state index contributed by atoms with van der Waals surface area (Å²) in [6.07, 6.45) is 4.04. The Balaban J connectivity index is 1.45. The molecule has 0 aliphatic carbocycles. The maximum absolute atomic E-state index is 5.50. The Morgan fingerprint density at radius 3 is 3.05 bits per heavy atom. The van der Waals surface area contributed by atoms with Gasteiger partial charge in [0.05, 0.1) is 5.69 Å². The van der Waals surface area contributed by atoms with Crippen molar-refractivity contribution in [3.8, 4) is 11.5 Å². The molecule has 3 aromatic rings. The minimum absolute atomic E-state index is 0.304. The number of imidazole rings is 1. The van der Waals surface area contributed by atoms with E-state index < -0.39 is 0 Å². The van der Waals surface area contributed by atoms with Gasteiger partial charge in [-0.05, 0) is 18.2 Å². The van der Waals surface area contributed by atoms with Crippen LogP contribution in [0.1, 0.15) is 11.3 Å². The molecule has 5 nitrogen and oxygen atoms in total. The van der Waals surface area contributed by atoms with Crippen molar-refractivity contribution in [3.63, 3.8) is 0 Å². The van der Waals surface area contributed by atoms with Crippen molar-refractivity contribution in [1.29, 1.82) is 0 Å². The van der Waals surface area contributed by atoms with Crippen molar-refractivity contribution in [2.24, 2.45) is 0 Å². The van der Waals surface area contributed by atoms with E-state index in [1.165, 1.54) is 0 Å². The Morgan fingerprint density at radius 1 is 1.10 bits per heavy atom. The van der Waals surface area contributed by atoms with Crippen LogP contribution in [0, 0.1) is 0 Å². The molecule has 0 saturated carbocycles. The van der Waals surface area contributed by atoms with Gasteiger partial charge in [-0.3, -0.25) is 0 Å². The van der Waals surface area contributed by atoms with E-state index in [4.69, 9.17) is 9.47 Å². The molecule has 1 aromatic carbocycles. The summed E-state index contributed by atoms with van der Waals surface area (Å²) in [5, 5.41) is 3.40. The summed E-state index contributed by atoms with van der Waals surface area (Å²) in [5.74, 6) is 1.67. The number of hydrogen-bond donors (Lipinski definition) is 1. The molecule has 0 bridgehead atoms. The Labute approximate surface area is 122 Å². The van der Waals surface area contributed by atoms with E-state index in [-0.39, 0.29) is 0 Å².